The predicted molar refractivity (Wildman–Crippen MR) is 153 cm³/mol. The Bertz CT molecular complexity index is 1610. The second kappa shape index (κ2) is 11.7. The monoisotopic (exact) mass is 563 g/mol. The highest BCUT2D eigenvalue weighted by Crippen LogP contribution is 2.42. The van der Waals surface area contributed by atoms with Crippen LogP contribution in [0.15, 0.2) is 63.8 Å². The van der Waals surface area contributed by atoms with E-state index in [1.54, 1.807) is 29.2 Å². The molecule has 1 aliphatic heterocycles. The van der Waals surface area contributed by atoms with Gasteiger partial charge in [0.15, 0.2) is 16.9 Å². The van der Waals surface area contributed by atoms with Crippen LogP contribution in [0.4, 0.5) is 4.39 Å². The Morgan fingerprint density at radius 3 is 2.48 bits per heavy atom. The fourth-order valence-electron chi connectivity index (χ4n) is 5.05. The van der Waals surface area contributed by atoms with Crippen LogP contribution in [0.5, 0.6) is 11.5 Å². The molecule has 6 nitrogen and oxygen atoms in total. The zero-order chi connectivity index (χ0) is 28.4. The Morgan fingerprint density at radius 1 is 0.975 bits per heavy atom. The highest BCUT2D eigenvalue weighted by Gasteiger charge is 2.43. The number of nitrogens with zero attached hydrogens (tertiary/aromatic N) is 1. The molecule has 0 fully saturated rings. The molecule has 2 heterocycles. The lowest BCUT2D eigenvalue weighted by Crippen LogP contribution is -2.29. The minimum Gasteiger partial charge on any atom is -0.490 e. The van der Waals surface area contributed by atoms with E-state index in [4.69, 9.17) is 25.5 Å². The van der Waals surface area contributed by atoms with Gasteiger partial charge in [-0.15, -0.1) is 0 Å². The topological polar surface area (TPSA) is 69.0 Å². The molecule has 4 aromatic rings. The molecule has 5 rings (SSSR count). The van der Waals surface area contributed by atoms with Gasteiger partial charge in [0.1, 0.15) is 11.4 Å². The molecule has 8 heteroatoms. The average molecular weight is 564 g/mol. The first kappa shape index (κ1) is 27.7. The van der Waals surface area contributed by atoms with Crippen molar-refractivity contribution in [3.8, 4) is 11.5 Å². The van der Waals surface area contributed by atoms with Crippen LogP contribution < -0.4 is 14.9 Å². The Kier molecular flexibility index (Phi) is 8.12. The summed E-state index contributed by atoms with van der Waals surface area (Å²) in [5.41, 5.74) is 2.33. The van der Waals surface area contributed by atoms with E-state index in [0.717, 1.165) is 24.8 Å². The maximum Gasteiger partial charge on any atom is 0.291 e. The molecule has 3 aromatic carbocycles. The lowest BCUT2D eigenvalue weighted by Gasteiger charge is -2.26. The first-order valence-electron chi connectivity index (χ1n) is 13.5. The Morgan fingerprint density at radius 2 is 1.75 bits per heavy atom. The van der Waals surface area contributed by atoms with E-state index in [1.807, 2.05) is 32.0 Å². The van der Waals surface area contributed by atoms with Crippen LogP contribution in [0.25, 0.3) is 11.0 Å². The Labute approximate surface area is 237 Å². The number of halogens is 2. The molecule has 0 saturated heterocycles. The van der Waals surface area contributed by atoms with E-state index < -0.39 is 11.9 Å². The summed E-state index contributed by atoms with van der Waals surface area (Å²) in [5, 5.41) is 0.740. The highest BCUT2D eigenvalue weighted by atomic mass is 35.5. The van der Waals surface area contributed by atoms with E-state index in [2.05, 4.69) is 6.92 Å². The summed E-state index contributed by atoms with van der Waals surface area (Å²) in [6.45, 7) is 6.94. The third kappa shape index (κ3) is 5.30. The molecule has 1 atom stereocenters. The largest absolute Gasteiger partial charge is 0.490 e. The second-order valence-electron chi connectivity index (χ2n) is 9.93. The minimum atomic E-state index is -0.762. The van der Waals surface area contributed by atoms with Crippen LogP contribution in [0.2, 0.25) is 5.02 Å². The standard InChI is InChI=1S/C32H31ClFNO5/c1-4-6-7-14-39-25-13-10-21(16-27(25)38-5-2)29-28-30(36)23-17-24(33)19(3)15-26(23)40-31(28)32(37)35(29)18-20-8-11-22(34)12-9-20/h8-13,15-17,29H,4-7,14,18H2,1-3H3. The highest BCUT2D eigenvalue weighted by molar-refractivity contribution is 6.32. The molecule has 1 unspecified atom stereocenters. The zero-order valence-electron chi connectivity index (χ0n) is 22.8. The summed E-state index contributed by atoms with van der Waals surface area (Å²) in [7, 11) is 0. The number of hydrogen-bond acceptors (Lipinski definition) is 5. The number of benzene rings is 3. The normalized spacial score (nSPS) is 14.6. The van der Waals surface area contributed by atoms with Crippen molar-refractivity contribution in [2.45, 2.75) is 52.6 Å². The van der Waals surface area contributed by atoms with Crippen molar-refractivity contribution in [3.05, 3.63) is 104 Å². The minimum absolute atomic E-state index is 0.0100. The number of fused-ring (bicyclic) bond motifs is 2. The molecule has 1 amide bonds. The smallest absolute Gasteiger partial charge is 0.291 e. The van der Waals surface area contributed by atoms with Crippen LogP contribution in [0.3, 0.4) is 0 Å². The molecule has 0 aliphatic carbocycles. The predicted octanol–water partition coefficient (Wildman–Crippen LogP) is 7.61. The fourth-order valence-corrected chi connectivity index (χ4v) is 5.22. The fraction of sp³-hybridized carbons (Fsp3) is 0.312. The molecule has 0 bridgehead atoms. The van der Waals surface area contributed by atoms with E-state index in [0.29, 0.717) is 51.8 Å². The van der Waals surface area contributed by atoms with Gasteiger partial charge in [0.2, 0.25) is 5.76 Å². The number of hydrogen-bond donors (Lipinski definition) is 0. The molecule has 0 N–H and O–H groups in total. The third-order valence-corrected chi connectivity index (χ3v) is 7.51. The van der Waals surface area contributed by atoms with Crippen molar-refractivity contribution in [2.75, 3.05) is 13.2 Å². The van der Waals surface area contributed by atoms with Crippen LogP contribution in [0.1, 0.15) is 72.0 Å². The maximum atomic E-state index is 13.9. The molecule has 0 spiro atoms. The molecule has 208 valence electrons. The van der Waals surface area contributed by atoms with Gasteiger partial charge < -0.3 is 18.8 Å². The number of ether oxygens (including phenoxy) is 2. The lowest BCUT2D eigenvalue weighted by atomic mass is 9.97. The molecular weight excluding hydrogens is 533 g/mol. The van der Waals surface area contributed by atoms with Gasteiger partial charge in [0.25, 0.3) is 5.91 Å². The van der Waals surface area contributed by atoms with Crippen LogP contribution >= 0.6 is 11.6 Å². The third-order valence-electron chi connectivity index (χ3n) is 7.10. The van der Waals surface area contributed by atoms with Gasteiger partial charge in [-0.25, -0.2) is 4.39 Å². The number of rotatable bonds is 10. The van der Waals surface area contributed by atoms with E-state index >= 15 is 0 Å². The summed E-state index contributed by atoms with van der Waals surface area (Å²) < 4.78 is 31.6. The van der Waals surface area contributed by atoms with Gasteiger partial charge in [-0.1, -0.05) is 49.6 Å². The van der Waals surface area contributed by atoms with Crippen molar-refractivity contribution < 1.29 is 23.1 Å². The summed E-state index contributed by atoms with van der Waals surface area (Å²) in [4.78, 5) is 29.3. The van der Waals surface area contributed by atoms with Crippen molar-refractivity contribution in [1.82, 2.24) is 4.90 Å². The van der Waals surface area contributed by atoms with Gasteiger partial charge in [-0.2, -0.15) is 0 Å². The molecule has 1 aromatic heterocycles. The molecule has 40 heavy (non-hydrogen) atoms. The molecular formula is C32H31ClFNO5. The molecule has 0 radical (unpaired) electrons. The van der Waals surface area contributed by atoms with Crippen molar-refractivity contribution >= 4 is 28.5 Å². The Hall–Kier alpha value is -3.84. The van der Waals surface area contributed by atoms with Crippen LogP contribution in [-0.2, 0) is 6.54 Å². The number of carbonyl (C=O) groups excluding carboxylic acids is 1. The van der Waals surface area contributed by atoms with Crippen molar-refractivity contribution in [2.24, 2.45) is 0 Å². The van der Waals surface area contributed by atoms with Crippen molar-refractivity contribution in [1.29, 1.82) is 0 Å². The number of aryl methyl sites for hydroxylation is 1. The van der Waals surface area contributed by atoms with Gasteiger partial charge in [0, 0.05) is 11.6 Å². The summed E-state index contributed by atoms with van der Waals surface area (Å²) in [6, 6.07) is 13.9. The van der Waals surface area contributed by atoms with Gasteiger partial charge in [-0.05, 0) is 73.4 Å². The Balaban J connectivity index is 1.64. The number of amides is 1. The number of carbonyl (C=O) groups is 1. The van der Waals surface area contributed by atoms with E-state index in [1.165, 1.54) is 12.1 Å². The quantitative estimate of drug-likeness (QED) is 0.186. The van der Waals surface area contributed by atoms with Crippen molar-refractivity contribution in [3.63, 3.8) is 0 Å². The van der Waals surface area contributed by atoms with Crippen LogP contribution in [0, 0.1) is 12.7 Å². The zero-order valence-corrected chi connectivity index (χ0v) is 23.5. The van der Waals surface area contributed by atoms with Gasteiger partial charge in [0.05, 0.1) is 30.2 Å². The average Bonchev–Trinajstić information content (AvgIpc) is 3.21. The van der Waals surface area contributed by atoms with Crippen LogP contribution in [-0.4, -0.2) is 24.0 Å². The molecule has 0 saturated carbocycles. The van der Waals surface area contributed by atoms with Gasteiger partial charge >= 0.3 is 0 Å². The number of unbranched alkanes of at least 4 members (excludes halogenated alkanes) is 2. The lowest BCUT2D eigenvalue weighted by molar-refractivity contribution is 0.0714. The first-order chi connectivity index (χ1) is 19.3. The van der Waals surface area contributed by atoms with E-state index in [9.17, 15) is 14.0 Å². The molecule has 1 aliphatic rings. The summed E-state index contributed by atoms with van der Waals surface area (Å²) >= 11 is 6.36. The van der Waals surface area contributed by atoms with E-state index in [-0.39, 0.29) is 29.1 Å². The summed E-state index contributed by atoms with van der Waals surface area (Å²) in [6.07, 6.45) is 3.08. The maximum absolute atomic E-state index is 13.9. The first-order valence-corrected chi connectivity index (χ1v) is 13.9. The second-order valence-corrected chi connectivity index (χ2v) is 10.3. The SMILES string of the molecule is CCCCCOc1ccc(C2c3c(oc4cc(C)c(Cl)cc4c3=O)C(=O)N2Cc2ccc(F)cc2)cc1OCC. The van der Waals surface area contributed by atoms with Gasteiger partial charge in [-0.3, -0.25) is 9.59 Å². The summed E-state index contributed by atoms with van der Waals surface area (Å²) in [5.74, 6) is 0.327.